The van der Waals surface area contributed by atoms with Gasteiger partial charge in [-0.2, -0.15) is 0 Å². The summed E-state index contributed by atoms with van der Waals surface area (Å²) in [7, 11) is 1.23. The zero-order valence-corrected chi connectivity index (χ0v) is 38.9. The summed E-state index contributed by atoms with van der Waals surface area (Å²) >= 11 is 0. The number of aliphatic hydroxyl groups excluding tert-OH is 1. The molecule has 0 aliphatic rings. The third-order valence-electron chi connectivity index (χ3n) is 10.6. The van der Waals surface area contributed by atoms with E-state index in [1.807, 2.05) is 27.2 Å². The molecule has 1 amide bonds. The Hall–Kier alpha value is -1.28. The Kier molecular flexibility index (Phi) is 39.2. The molecule has 0 heterocycles. The van der Waals surface area contributed by atoms with Crippen molar-refractivity contribution < 1.29 is 32.9 Å². The van der Waals surface area contributed by atoms with E-state index in [4.69, 9.17) is 9.05 Å². The van der Waals surface area contributed by atoms with Crippen LogP contribution in [0.2, 0.25) is 0 Å². The average Bonchev–Trinajstić information content (AvgIpc) is 3.16. The number of phosphoric acid groups is 1. The Bertz CT molecular complexity index is 1030. The molecule has 0 spiro atoms. The van der Waals surface area contributed by atoms with Gasteiger partial charge in [-0.05, 0) is 44.9 Å². The first-order chi connectivity index (χ1) is 27.5. The average molecular weight is 825 g/mol. The molecule has 0 saturated carbocycles. The maximum Gasteiger partial charge on any atom is 0.268 e. The fourth-order valence-corrected chi connectivity index (χ4v) is 7.50. The van der Waals surface area contributed by atoms with E-state index < -0.39 is 26.6 Å². The minimum absolute atomic E-state index is 0.00964. The largest absolute Gasteiger partial charge is 0.756 e. The third kappa shape index (κ3) is 42.6. The molecule has 3 unspecified atom stereocenters. The van der Waals surface area contributed by atoms with Gasteiger partial charge in [-0.1, -0.05) is 198 Å². The van der Waals surface area contributed by atoms with E-state index in [0.717, 1.165) is 44.9 Å². The number of carbonyl (C=O) groups is 1. The highest BCUT2D eigenvalue weighted by molar-refractivity contribution is 7.45. The fraction of sp³-hybridized carbons (Fsp3) is 0.854. The van der Waals surface area contributed by atoms with Crippen LogP contribution in [0.25, 0.3) is 0 Å². The molecular weight excluding hydrogens is 732 g/mol. The summed E-state index contributed by atoms with van der Waals surface area (Å²) in [4.78, 5) is 24.8. The lowest BCUT2D eigenvalue weighted by Crippen LogP contribution is -2.45. The molecule has 0 aliphatic heterocycles. The van der Waals surface area contributed by atoms with Crippen molar-refractivity contribution in [2.24, 2.45) is 0 Å². The molecule has 3 atom stereocenters. The van der Waals surface area contributed by atoms with Crippen LogP contribution in [0, 0.1) is 0 Å². The van der Waals surface area contributed by atoms with Gasteiger partial charge in [-0.3, -0.25) is 9.36 Å². The van der Waals surface area contributed by atoms with Crippen LogP contribution < -0.4 is 10.2 Å². The molecule has 9 heteroatoms. The van der Waals surface area contributed by atoms with Crippen molar-refractivity contribution in [2.45, 2.75) is 225 Å². The first kappa shape index (κ1) is 55.7. The second-order valence-electron chi connectivity index (χ2n) is 17.5. The van der Waals surface area contributed by atoms with E-state index in [9.17, 15) is 19.4 Å². The van der Waals surface area contributed by atoms with Gasteiger partial charge in [-0.25, -0.2) is 0 Å². The lowest BCUT2D eigenvalue weighted by atomic mass is 10.0. The van der Waals surface area contributed by atoms with Crippen LogP contribution in [0.1, 0.15) is 213 Å². The van der Waals surface area contributed by atoms with E-state index in [1.54, 1.807) is 6.08 Å². The summed E-state index contributed by atoms with van der Waals surface area (Å²) in [6.45, 7) is 4.43. The van der Waals surface area contributed by atoms with Gasteiger partial charge in [0.25, 0.3) is 7.82 Å². The van der Waals surface area contributed by atoms with Gasteiger partial charge in [-0.15, -0.1) is 0 Å². The van der Waals surface area contributed by atoms with Gasteiger partial charge in [0.15, 0.2) is 0 Å². The molecule has 2 N–H and O–H groups in total. The van der Waals surface area contributed by atoms with Crippen LogP contribution in [0.4, 0.5) is 0 Å². The summed E-state index contributed by atoms with van der Waals surface area (Å²) < 4.78 is 22.9. The van der Waals surface area contributed by atoms with E-state index in [0.29, 0.717) is 17.4 Å². The van der Waals surface area contributed by atoms with E-state index in [2.05, 4.69) is 43.5 Å². The number of aliphatic hydroxyl groups is 1. The molecule has 0 fully saturated rings. The molecule has 0 aromatic rings. The molecule has 0 rings (SSSR count). The first-order valence-electron chi connectivity index (χ1n) is 23.9. The SMILES string of the molecule is CCCCCCCCCCCCCCCCCCCCCCCC/C=C/CC/C=C/CC/C=C/C(O)C(COP(=O)([O-])OCC[N+](C)(C)C)NC(=O)CCCCC. The van der Waals surface area contributed by atoms with Crippen LogP contribution in [0.5, 0.6) is 0 Å². The minimum Gasteiger partial charge on any atom is -0.756 e. The van der Waals surface area contributed by atoms with Crippen molar-refractivity contribution in [3.05, 3.63) is 36.5 Å². The number of amides is 1. The smallest absolute Gasteiger partial charge is 0.268 e. The number of quaternary nitrogens is 1. The standard InChI is InChI=1S/C48H93N2O6P/c1-6-8-10-11-12-13-14-15-16-17-18-19-20-21-22-23-24-25-26-27-28-29-30-31-32-33-34-35-36-37-38-40-41-47(51)46(49-48(52)42-39-9-7-2)45-56-57(53,54)55-44-43-50(3,4)5/h31-32,35-36,40-41,46-47,51H,6-30,33-34,37-39,42-45H2,1-5H3,(H-,49,52,53,54)/b32-31+,36-35+,41-40+. The van der Waals surface area contributed by atoms with E-state index in [1.165, 1.54) is 148 Å². The summed E-state index contributed by atoms with van der Waals surface area (Å²) in [5.41, 5.74) is 0. The van der Waals surface area contributed by atoms with Gasteiger partial charge in [0.05, 0.1) is 39.9 Å². The predicted molar refractivity (Wildman–Crippen MR) is 242 cm³/mol. The van der Waals surface area contributed by atoms with Gasteiger partial charge >= 0.3 is 0 Å². The lowest BCUT2D eigenvalue weighted by molar-refractivity contribution is -0.870. The quantitative estimate of drug-likeness (QED) is 0.0274. The van der Waals surface area contributed by atoms with Crippen LogP contribution in [0.3, 0.4) is 0 Å². The lowest BCUT2D eigenvalue weighted by Gasteiger charge is -2.29. The van der Waals surface area contributed by atoms with Gasteiger partial charge < -0.3 is 28.8 Å². The van der Waals surface area contributed by atoms with E-state index >= 15 is 0 Å². The number of phosphoric ester groups is 1. The van der Waals surface area contributed by atoms with Crippen molar-refractivity contribution in [2.75, 3.05) is 40.9 Å². The second-order valence-corrected chi connectivity index (χ2v) is 18.9. The zero-order valence-electron chi connectivity index (χ0n) is 38.0. The van der Waals surface area contributed by atoms with Crippen LogP contribution in [0.15, 0.2) is 36.5 Å². The maximum atomic E-state index is 12.5. The van der Waals surface area contributed by atoms with Gasteiger partial charge in [0, 0.05) is 6.42 Å². The Labute approximate surface area is 353 Å². The molecule has 0 radical (unpaired) electrons. The highest BCUT2D eigenvalue weighted by atomic mass is 31.2. The normalized spacial score (nSPS) is 14.6. The van der Waals surface area contributed by atoms with Gasteiger partial charge in [0.1, 0.15) is 13.2 Å². The first-order valence-corrected chi connectivity index (χ1v) is 25.3. The Morgan fingerprint density at radius 3 is 1.42 bits per heavy atom. The molecule has 8 nitrogen and oxygen atoms in total. The minimum atomic E-state index is -4.58. The Morgan fingerprint density at radius 1 is 0.596 bits per heavy atom. The predicted octanol–water partition coefficient (Wildman–Crippen LogP) is 12.8. The zero-order chi connectivity index (χ0) is 42.1. The number of likely N-dealkylation sites (N-methyl/N-ethyl adjacent to an activating group) is 1. The van der Waals surface area contributed by atoms with Gasteiger partial charge in [0.2, 0.25) is 5.91 Å². The van der Waals surface area contributed by atoms with Crippen LogP contribution in [-0.4, -0.2) is 68.5 Å². The molecule has 0 saturated heterocycles. The summed E-state index contributed by atoms with van der Waals surface area (Å²) in [5, 5.41) is 13.5. The van der Waals surface area contributed by atoms with Crippen molar-refractivity contribution in [3.8, 4) is 0 Å². The molecule has 0 bridgehead atoms. The molecule has 0 aromatic heterocycles. The van der Waals surface area contributed by atoms with Crippen molar-refractivity contribution in [1.82, 2.24) is 5.32 Å². The number of rotatable bonds is 43. The number of nitrogens with one attached hydrogen (secondary N) is 1. The Morgan fingerprint density at radius 2 is 0.982 bits per heavy atom. The summed E-state index contributed by atoms with van der Waals surface area (Å²) in [5.74, 6) is -0.237. The number of carbonyl (C=O) groups excluding carboxylic acids is 1. The number of allylic oxidation sites excluding steroid dienone is 5. The molecule has 57 heavy (non-hydrogen) atoms. The monoisotopic (exact) mass is 825 g/mol. The van der Waals surface area contributed by atoms with Crippen LogP contribution >= 0.6 is 7.82 Å². The summed E-state index contributed by atoms with van der Waals surface area (Å²) in [6.07, 6.45) is 50.4. The highest BCUT2D eigenvalue weighted by Crippen LogP contribution is 2.38. The molecule has 0 aromatic carbocycles. The molecule has 0 aliphatic carbocycles. The number of nitrogens with zero attached hydrogens (tertiary/aromatic N) is 1. The number of unbranched alkanes of at least 4 members (excludes halogenated alkanes) is 26. The third-order valence-corrected chi connectivity index (χ3v) is 11.5. The van der Waals surface area contributed by atoms with Crippen molar-refractivity contribution in [1.29, 1.82) is 0 Å². The fourth-order valence-electron chi connectivity index (χ4n) is 6.77. The second kappa shape index (κ2) is 40.1. The van der Waals surface area contributed by atoms with Crippen molar-refractivity contribution >= 4 is 13.7 Å². The van der Waals surface area contributed by atoms with E-state index in [-0.39, 0.29) is 12.5 Å². The van der Waals surface area contributed by atoms with Crippen molar-refractivity contribution in [3.63, 3.8) is 0 Å². The topological polar surface area (TPSA) is 108 Å². The summed E-state index contributed by atoms with van der Waals surface area (Å²) in [6, 6.07) is -0.902. The van der Waals surface area contributed by atoms with Crippen LogP contribution in [-0.2, 0) is 18.4 Å². The number of hydrogen-bond acceptors (Lipinski definition) is 6. The number of hydrogen-bond donors (Lipinski definition) is 2. The maximum absolute atomic E-state index is 12.5. The molecular formula is C48H93N2O6P. The highest BCUT2D eigenvalue weighted by Gasteiger charge is 2.23. The Balaban J connectivity index is 3.90. The molecule has 336 valence electrons.